The van der Waals surface area contributed by atoms with Crippen molar-refractivity contribution in [1.82, 2.24) is 5.32 Å². The third-order valence-electron chi connectivity index (χ3n) is 6.37. The van der Waals surface area contributed by atoms with Gasteiger partial charge in [-0.1, -0.05) is 42.5 Å². The highest BCUT2D eigenvalue weighted by molar-refractivity contribution is 6.22. The Balaban J connectivity index is 1.54. The number of carbonyl (C=O) groups is 3. The second kappa shape index (κ2) is 10.0. The molecule has 0 spiro atoms. The second-order valence-corrected chi connectivity index (χ2v) is 8.70. The number of methoxy groups -OCH3 is 1. The Morgan fingerprint density at radius 3 is 2.49 bits per heavy atom. The van der Waals surface area contributed by atoms with Crippen LogP contribution in [-0.2, 0) is 20.8 Å². The zero-order chi connectivity index (χ0) is 25.1. The van der Waals surface area contributed by atoms with E-state index in [-0.39, 0.29) is 18.2 Å². The highest BCUT2D eigenvalue weighted by atomic mass is 16.5. The van der Waals surface area contributed by atoms with Crippen molar-refractivity contribution in [2.45, 2.75) is 38.6 Å². The summed E-state index contributed by atoms with van der Waals surface area (Å²) in [6.07, 6.45) is 0.731. The van der Waals surface area contributed by atoms with Crippen LogP contribution in [0.1, 0.15) is 37.3 Å². The normalized spacial score (nSPS) is 15.5. The molecule has 1 aliphatic rings. The van der Waals surface area contributed by atoms with E-state index < -0.39 is 17.9 Å². The van der Waals surface area contributed by atoms with Gasteiger partial charge in [0.05, 0.1) is 18.7 Å². The number of nitrogens with zero attached hydrogens (tertiary/aromatic N) is 1. The van der Waals surface area contributed by atoms with E-state index in [1.54, 1.807) is 39.2 Å². The molecule has 0 saturated heterocycles. The molecular weight excluding hydrogens is 442 g/mol. The summed E-state index contributed by atoms with van der Waals surface area (Å²) in [5, 5.41) is 2.75. The molecule has 7 nitrogen and oxygen atoms in total. The number of anilines is 2. The van der Waals surface area contributed by atoms with Crippen molar-refractivity contribution in [3.63, 3.8) is 0 Å². The molecule has 3 amide bonds. The van der Waals surface area contributed by atoms with Gasteiger partial charge < -0.3 is 15.8 Å². The molecule has 180 valence electrons. The van der Waals surface area contributed by atoms with Gasteiger partial charge in [-0.3, -0.25) is 14.4 Å². The molecule has 1 aliphatic heterocycles. The molecule has 0 saturated carbocycles. The Bertz CT molecular complexity index is 1270. The molecular formula is C28H29N3O4. The van der Waals surface area contributed by atoms with Gasteiger partial charge in [-0.2, -0.15) is 0 Å². The van der Waals surface area contributed by atoms with Crippen LogP contribution in [-0.4, -0.2) is 30.9 Å². The third-order valence-corrected chi connectivity index (χ3v) is 6.37. The smallest absolute Gasteiger partial charge is 0.256 e. The van der Waals surface area contributed by atoms with Gasteiger partial charge >= 0.3 is 0 Å². The largest absolute Gasteiger partial charge is 0.497 e. The first-order valence-electron chi connectivity index (χ1n) is 11.6. The van der Waals surface area contributed by atoms with Crippen LogP contribution < -0.4 is 20.7 Å². The number of imide groups is 1. The number of aryl methyl sites for hydroxylation is 1. The summed E-state index contributed by atoms with van der Waals surface area (Å²) in [4.78, 5) is 40.9. The fourth-order valence-corrected chi connectivity index (χ4v) is 4.43. The van der Waals surface area contributed by atoms with E-state index in [2.05, 4.69) is 5.32 Å². The summed E-state index contributed by atoms with van der Waals surface area (Å²) in [5.41, 5.74) is 10.5. The Labute approximate surface area is 204 Å². The molecule has 0 aromatic heterocycles. The molecule has 35 heavy (non-hydrogen) atoms. The van der Waals surface area contributed by atoms with E-state index in [4.69, 9.17) is 10.5 Å². The number of ether oxygens (including phenoxy) is 1. The number of fused-ring (bicyclic) bond motifs is 3. The Hall–Kier alpha value is -4.13. The molecule has 0 fully saturated rings. The van der Waals surface area contributed by atoms with Gasteiger partial charge in [-0.15, -0.1) is 0 Å². The van der Waals surface area contributed by atoms with Gasteiger partial charge in [0, 0.05) is 17.7 Å². The fraction of sp³-hybridized carbons (Fsp3) is 0.250. The molecule has 0 radical (unpaired) electrons. The maximum atomic E-state index is 13.5. The lowest BCUT2D eigenvalue weighted by Crippen LogP contribution is -2.50. The van der Waals surface area contributed by atoms with E-state index in [0.29, 0.717) is 23.4 Å². The summed E-state index contributed by atoms with van der Waals surface area (Å²) in [7, 11) is 1.60. The third kappa shape index (κ3) is 4.75. The number of nitrogens with two attached hydrogens (primary N) is 1. The van der Waals surface area contributed by atoms with Crippen molar-refractivity contribution in [3.05, 3.63) is 77.9 Å². The van der Waals surface area contributed by atoms with Crippen molar-refractivity contribution in [1.29, 1.82) is 0 Å². The molecule has 4 rings (SSSR count). The first-order chi connectivity index (χ1) is 16.8. The zero-order valence-electron chi connectivity index (χ0n) is 20.1. The molecule has 0 aliphatic carbocycles. The van der Waals surface area contributed by atoms with Crippen LogP contribution in [0.3, 0.4) is 0 Å². The van der Waals surface area contributed by atoms with Crippen LogP contribution in [0.4, 0.5) is 11.4 Å². The lowest BCUT2D eigenvalue weighted by Gasteiger charge is -2.26. The number of nitrogens with one attached hydrogen (secondary N) is 1. The zero-order valence-corrected chi connectivity index (χ0v) is 20.1. The highest BCUT2D eigenvalue weighted by Crippen LogP contribution is 2.44. The standard InChI is InChI=1S/C28H29N3O4/c1-17-21-7-4-5-8-22(21)26-23(29)9-6-10-24(26)31(27(17)33)28(34)18(2)30-25(32)16-13-19-11-14-20(35-3)15-12-19/h4-12,14-15,17-18H,13,16,29H2,1-3H3,(H,30,32)/t17?,18-/m0/s1. The van der Waals surface area contributed by atoms with Gasteiger partial charge in [0.1, 0.15) is 11.8 Å². The molecule has 3 N–H and O–H groups in total. The average molecular weight is 472 g/mol. The topological polar surface area (TPSA) is 102 Å². The minimum atomic E-state index is -0.898. The van der Waals surface area contributed by atoms with Gasteiger partial charge in [0.25, 0.3) is 5.91 Å². The average Bonchev–Trinajstić information content (AvgIpc) is 2.96. The number of nitrogen functional groups attached to an aromatic ring is 1. The van der Waals surface area contributed by atoms with Gasteiger partial charge in [-0.05, 0) is 61.2 Å². The summed E-state index contributed by atoms with van der Waals surface area (Å²) in [6, 6.07) is 19.3. The number of benzene rings is 3. The van der Waals surface area contributed by atoms with Crippen LogP contribution in [0.15, 0.2) is 66.7 Å². The summed E-state index contributed by atoms with van der Waals surface area (Å²) < 4.78 is 5.15. The van der Waals surface area contributed by atoms with Crippen LogP contribution in [0.2, 0.25) is 0 Å². The summed E-state index contributed by atoms with van der Waals surface area (Å²) in [5.74, 6) is -0.935. The van der Waals surface area contributed by atoms with E-state index in [1.165, 1.54) is 4.90 Å². The Kier molecular flexibility index (Phi) is 6.87. The van der Waals surface area contributed by atoms with E-state index in [1.807, 2.05) is 48.5 Å². The lowest BCUT2D eigenvalue weighted by molar-refractivity contribution is -0.131. The van der Waals surface area contributed by atoms with Crippen LogP contribution >= 0.6 is 0 Å². The predicted octanol–water partition coefficient (Wildman–Crippen LogP) is 4.06. The van der Waals surface area contributed by atoms with Crippen molar-refractivity contribution in [2.75, 3.05) is 17.7 Å². The fourth-order valence-electron chi connectivity index (χ4n) is 4.43. The van der Waals surface area contributed by atoms with Crippen LogP contribution in [0, 0.1) is 0 Å². The number of rotatable bonds is 6. The number of hydrogen-bond donors (Lipinski definition) is 2. The van der Waals surface area contributed by atoms with Gasteiger partial charge in [-0.25, -0.2) is 4.90 Å². The molecule has 1 unspecified atom stereocenters. The molecule has 2 atom stereocenters. The highest BCUT2D eigenvalue weighted by Gasteiger charge is 2.37. The van der Waals surface area contributed by atoms with Crippen LogP contribution in [0.5, 0.6) is 5.75 Å². The van der Waals surface area contributed by atoms with E-state index >= 15 is 0 Å². The van der Waals surface area contributed by atoms with Crippen molar-refractivity contribution < 1.29 is 19.1 Å². The molecule has 0 bridgehead atoms. The van der Waals surface area contributed by atoms with Crippen molar-refractivity contribution >= 4 is 29.1 Å². The van der Waals surface area contributed by atoms with Gasteiger partial charge in [0.15, 0.2) is 0 Å². The maximum absolute atomic E-state index is 13.5. The second-order valence-electron chi connectivity index (χ2n) is 8.70. The Morgan fingerprint density at radius 1 is 1.06 bits per heavy atom. The number of hydrogen-bond acceptors (Lipinski definition) is 5. The number of carbonyl (C=O) groups excluding carboxylic acids is 3. The van der Waals surface area contributed by atoms with E-state index in [0.717, 1.165) is 22.4 Å². The quantitative estimate of drug-likeness (QED) is 0.528. The predicted molar refractivity (Wildman–Crippen MR) is 136 cm³/mol. The van der Waals surface area contributed by atoms with E-state index in [9.17, 15) is 14.4 Å². The number of amides is 3. The summed E-state index contributed by atoms with van der Waals surface area (Å²) >= 11 is 0. The first kappa shape index (κ1) is 24.0. The monoisotopic (exact) mass is 471 g/mol. The molecule has 1 heterocycles. The molecule has 3 aromatic carbocycles. The Morgan fingerprint density at radius 2 is 1.77 bits per heavy atom. The molecule has 7 heteroatoms. The van der Waals surface area contributed by atoms with Gasteiger partial charge in [0.2, 0.25) is 11.8 Å². The summed E-state index contributed by atoms with van der Waals surface area (Å²) in [6.45, 7) is 3.37. The maximum Gasteiger partial charge on any atom is 0.256 e. The molecule has 3 aromatic rings. The lowest BCUT2D eigenvalue weighted by atomic mass is 9.92. The van der Waals surface area contributed by atoms with Crippen molar-refractivity contribution in [2.24, 2.45) is 0 Å². The minimum absolute atomic E-state index is 0.212. The van der Waals surface area contributed by atoms with Crippen molar-refractivity contribution in [3.8, 4) is 16.9 Å². The first-order valence-corrected chi connectivity index (χ1v) is 11.6. The minimum Gasteiger partial charge on any atom is -0.497 e. The van der Waals surface area contributed by atoms with Crippen LogP contribution in [0.25, 0.3) is 11.1 Å². The SMILES string of the molecule is COc1ccc(CCC(=O)N[C@@H](C)C(=O)N2C(=O)C(C)c3ccccc3-c3c(N)cccc32)cc1.